The Morgan fingerprint density at radius 3 is 2.45 bits per heavy atom. The summed E-state index contributed by atoms with van der Waals surface area (Å²) in [6.45, 7) is 6.34. The topological polar surface area (TPSA) is 49.9 Å². The van der Waals surface area contributed by atoms with E-state index in [0.717, 1.165) is 11.3 Å². The third-order valence-corrected chi connectivity index (χ3v) is 4.59. The fourth-order valence-corrected chi connectivity index (χ4v) is 3.24. The van der Waals surface area contributed by atoms with Gasteiger partial charge in [-0.1, -0.05) is 29.8 Å². The van der Waals surface area contributed by atoms with Crippen LogP contribution in [0.1, 0.15) is 27.8 Å². The van der Waals surface area contributed by atoms with Crippen LogP contribution in [0.2, 0.25) is 0 Å². The van der Waals surface area contributed by atoms with Gasteiger partial charge < -0.3 is 5.73 Å². The Bertz CT molecular complexity index is 647. The molecule has 2 nitrogen and oxygen atoms in total. The van der Waals surface area contributed by atoms with Gasteiger partial charge in [-0.2, -0.15) is 0 Å². The Kier molecular flexibility index (Phi) is 4.50. The van der Waals surface area contributed by atoms with E-state index in [1.165, 1.54) is 27.1 Å². The van der Waals surface area contributed by atoms with Crippen molar-refractivity contribution in [3.63, 3.8) is 0 Å². The number of benzene rings is 2. The zero-order chi connectivity index (χ0) is 14.7. The molecule has 2 aromatic rings. The third kappa shape index (κ3) is 3.42. The number of hydrogen-bond donors (Lipinski definition) is 2. The van der Waals surface area contributed by atoms with E-state index in [1.54, 1.807) is 0 Å². The predicted molar refractivity (Wildman–Crippen MR) is 87.7 cm³/mol. The molecule has 0 aliphatic rings. The summed E-state index contributed by atoms with van der Waals surface area (Å²) in [4.78, 5) is 1.33. The van der Waals surface area contributed by atoms with Gasteiger partial charge in [-0.05, 0) is 49.6 Å². The normalized spacial score (nSPS) is 10.6. The monoisotopic (exact) mass is 284 g/mol. The van der Waals surface area contributed by atoms with E-state index in [-0.39, 0.29) is 5.84 Å². The molecule has 0 saturated carbocycles. The minimum Gasteiger partial charge on any atom is -0.384 e. The first kappa shape index (κ1) is 14.7. The molecule has 20 heavy (non-hydrogen) atoms. The lowest BCUT2D eigenvalue weighted by atomic mass is 10.1. The van der Waals surface area contributed by atoms with Gasteiger partial charge >= 0.3 is 0 Å². The van der Waals surface area contributed by atoms with E-state index >= 15 is 0 Å². The smallest absolute Gasteiger partial charge is 0.122 e. The van der Waals surface area contributed by atoms with E-state index in [9.17, 15) is 0 Å². The molecule has 2 aromatic carbocycles. The summed E-state index contributed by atoms with van der Waals surface area (Å²) in [6.07, 6.45) is 0. The van der Waals surface area contributed by atoms with Crippen LogP contribution in [0.5, 0.6) is 0 Å². The van der Waals surface area contributed by atoms with Crippen molar-refractivity contribution in [2.45, 2.75) is 31.4 Å². The molecule has 0 aliphatic heterocycles. The van der Waals surface area contributed by atoms with Crippen LogP contribution in [0.15, 0.2) is 41.3 Å². The molecule has 0 spiro atoms. The van der Waals surface area contributed by atoms with E-state index in [0.29, 0.717) is 0 Å². The summed E-state index contributed by atoms with van der Waals surface area (Å²) in [5, 5.41) is 7.46. The second kappa shape index (κ2) is 6.14. The number of thioether (sulfide) groups is 1. The highest BCUT2D eigenvalue weighted by Gasteiger charge is 2.05. The second-order valence-corrected chi connectivity index (χ2v) is 6.13. The Hall–Kier alpha value is -1.74. The summed E-state index contributed by atoms with van der Waals surface area (Å²) in [5.41, 5.74) is 11.4. The molecule has 3 N–H and O–H groups in total. The van der Waals surface area contributed by atoms with Gasteiger partial charge in [0.2, 0.25) is 0 Å². The molecule has 0 aromatic heterocycles. The largest absolute Gasteiger partial charge is 0.384 e. The molecule has 0 atom stereocenters. The number of hydrogen-bond acceptors (Lipinski definition) is 2. The predicted octanol–water partition coefficient (Wildman–Crippen LogP) is 4.19. The van der Waals surface area contributed by atoms with Crippen LogP contribution in [0.25, 0.3) is 0 Å². The first-order valence-electron chi connectivity index (χ1n) is 6.61. The summed E-state index contributed by atoms with van der Waals surface area (Å²) in [7, 11) is 0. The number of nitrogens with two attached hydrogens (primary N) is 1. The van der Waals surface area contributed by atoms with Crippen molar-refractivity contribution in [3.8, 4) is 0 Å². The molecule has 104 valence electrons. The highest BCUT2D eigenvalue weighted by atomic mass is 32.2. The maximum atomic E-state index is 7.46. The Labute approximate surface area is 124 Å². The van der Waals surface area contributed by atoms with Gasteiger partial charge in [0, 0.05) is 16.2 Å². The molecule has 3 heteroatoms. The molecule has 0 aliphatic carbocycles. The molecule has 0 fully saturated rings. The lowest BCUT2D eigenvalue weighted by molar-refractivity contribution is 1.24. The van der Waals surface area contributed by atoms with Crippen molar-refractivity contribution in [2.24, 2.45) is 5.73 Å². The van der Waals surface area contributed by atoms with Crippen LogP contribution in [0.3, 0.4) is 0 Å². The minimum atomic E-state index is 0.127. The van der Waals surface area contributed by atoms with Gasteiger partial charge in [0.05, 0.1) is 0 Å². The summed E-state index contributed by atoms with van der Waals surface area (Å²) < 4.78 is 0. The lowest BCUT2D eigenvalue weighted by Gasteiger charge is -2.10. The molecular formula is C17H20N2S. The van der Waals surface area contributed by atoms with Gasteiger partial charge in [0.15, 0.2) is 0 Å². The van der Waals surface area contributed by atoms with Crippen molar-refractivity contribution in [1.29, 1.82) is 5.41 Å². The average molecular weight is 284 g/mol. The van der Waals surface area contributed by atoms with Crippen molar-refractivity contribution >= 4 is 17.6 Å². The van der Waals surface area contributed by atoms with Crippen LogP contribution < -0.4 is 5.73 Å². The molecule has 2 rings (SSSR count). The van der Waals surface area contributed by atoms with Gasteiger partial charge in [0.1, 0.15) is 5.84 Å². The summed E-state index contributed by atoms with van der Waals surface area (Å²) >= 11 is 1.86. The maximum absolute atomic E-state index is 7.46. The molecular weight excluding hydrogens is 264 g/mol. The fourth-order valence-electron chi connectivity index (χ4n) is 2.04. The van der Waals surface area contributed by atoms with Crippen LogP contribution in [0, 0.1) is 26.2 Å². The third-order valence-electron chi connectivity index (χ3n) is 3.38. The quantitative estimate of drug-likeness (QED) is 0.502. The molecule has 0 radical (unpaired) electrons. The number of rotatable bonds is 4. The molecule has 0 saturated heterocycles. The van der Waals surface area contributed by atoms with Gasteiger partial charge in [-0.15, -0.1) is 11.8 Å². The van der Waals surface area contributed by atoms with Crippen LogP contribution in [0.4, 0.5) is 0 Å². The number of aryl methyl sites for hydroxylation is 3. The first-order chi connectivity index (χ1) is 9.47. The Morgan fingerprint density at radius 1 is 1.05 bits per heavy atom. The van der Waals surface area contributed by atoms with Gasteiger partial charge in [-0.3, -0.25) is 5.41 Å². The van der Waals surface area contributed by atoms with Gasteiger partial charge in [-0.25, -0.2) is 0 Å². The zero-order valence-corrected chi connectivity index (χ0v) is 13.0. The Balaban J connectivity index is 2.15. The van der Waals surface area contributed by atoms with E-state index < -0.39 is 0 Å². The van der Waals surface area contributed by atoms with Gasteiger partial charge in [0.25, 0.3) is 0 Å². The van der Waals surface area contributed by atoms with Crippen molar-refractivity contribution in [3.05, 3.63) is 64.2 Å². The number of nitrogen functional groups attached to an aromatic ring is 1. The maximum Gasteiger partial charge on any atom is 0.122 e. The lowest BCUT2D eigenvalue weighted by Crippen LogP contribution is -2.11. The summed E-state index contributed by atoms with van der Waals surface area (Å²) in [5.74, 6) is 1.07. The van der Waals surface area contributed by atoms with Crippen molar-refractivity contribution < 1.29 is 0 Å². The zero-order valence-electron chi connectivity index (χ0n) is 12.2. The Morgan fingerprint density at radius 2 is 1.80 bits per heavy atom. The molecule has 0 bridgehead atoms. The fraction of sp³-hybridized carbons (Fsp3) is 0.235. The molecule has 0 amide bonds. The van der Waals surface area contributed by atoms with E-state index in [1.807, 2.05) is 23.9 Å². The van der Waals surface area contributed by atoms with Crippen molar-refractivity contribution in [2.75, 3.05) is 0 Å². The molecule has 0 heterocycles. The van der Waals surface area contributed by atoms with Crippen LogP contribution in [-0.4, -0.2) is 5.84 Å². The average Bonchev–Trinajstić information content (AvgIpc) is 2.40. The SMILES string of the molecule is Cc1ccc(C)c(SCc2ccc(C(=N)N)cc2C)c1. The number of amidine groups is 1. The molecule has 0 unspecified atom stereocenters. The standard InChI is InChI=1S/C17H20N2S/c1-11-4-5-12(2)16(8-11)20-10-15-7-6-14(17(18)19)9-13(15)3/h4-9H,10H2,1-3H3,(H3,18,19). The van der Waals surface area contributed by atoms with Crippen LogP contribution >= 0.6 is 11.8 Å². The highest BCUT2D eigenvalue weighted by Crippen LogP contribution is 2.28. The van der Waals surface area contributed by atoms with Crippen molar-refractivity contribution in [1.82, 2.24) is 0 Å². The summed E-state index contributed by atoms with van der Waals surface area (Å²) in [6, 6.07) is 12.5. The second-order valence-electron chi connectivity index (χ2n) is 5.11. The minimum absolute atomic E-state index is 0.127. The van der Waals surface area contributed by atoms with Crippen LogP contribution in [-0.2, 0) is 5.75 Å². The highest BCUT2D eigenvalue weighted by molar-refractivity contribution is 7.98. The first-order valence-corrected chi connectivity index (χ1v) is 7.60. The van der Waals surface area contributed by atoms with E-state index in [2.05, 4.69) is 45.0 Å². The van der Waals surface area contributed by atoms with E-state index in [4.69, 9.17) is 11.1 Å². The number of nitrogens with one attached hydrogen (secondary N) is 1.